The topological polar surface area (TPSA) is 84.3 Å². The third-order valence-electron chi connectivity index (χ3n) is 4.86. The van der Waals surface area contributed by atoms with Crippen LogP contribution in [0.4, 0.5) is 5.69 Å². The van der Waals surface area contributed by atoms with Crippen LogP contribution < -0.4 is 5.32 Å². The highest BCUT2D eigenvalue weighted by Gasteiger charge is 2.33. The van der Waals surface area contributed by atoms with Crippen molar-refractivity contribution < 1.29 is 13.2 Å². The molecule has 1 saturated heterocycles. The monoisotopic (exact) mass is 424 g/mol. The second kappa shape index (κ2) is 8.63. The highest BCUT2D eigenvalue weighted by atomic mass is 35.5. The Bertz CT molecular complexity index is 964. The first-order chi connectivity index (χ1) is 13.3. The highest BCUT2D eigenvalue weighted by Crippen LogP contribution is 2.24. The number of halogens is 1. The SMILES string of the molecule is CCn1cc(C(=O)Nc2ccc(Cl)c(C)c2)c(S(=O)(=O)N2CCCCCC2)n1. The van der Waals surface area contributed by atoms with Crippen LogP contribution in [-0.2, 0) is 16.6 Å². The van der Waals surface area contributed by atoms with Gasteiger partial charge in [-0.25, -0.2) is 8.42 Å². The predicted octanol–water partition coefficient (Wildman–Crippen LogP) is 3.68. The zero-order chi connectivity index (χ0) is 20.3. The summed E-state index contributed by atoms with van der Waals surface area (Å²) in [5.74, 6) is -0.505. The normalized spacial score (nSPS) is 16.0. The minimum atomic E-state index is -3.84. The van der Waals surface area contributed by atoms with E-state index in [0.717, 1.165) is 31.2 Å². The number of carbonyl (C=O) groups is 1. The summed E-state index contributed by atoms with van der Waals surface area (Å²) in [6.45, 7) is 5.06. The molecule has 2 aromatic rings. The number of sulfonamides is 1. The third-order valence-corrected chi connectivity index (χ3v) is 7.12. The lowest BCUT2D eigenvalue weighted by Crippen LogP contribution is -2.33. The molecule has 0 radical (unpaired) electrons. The molecule has 0 spiro atoms. The Hall–Kier alpha value is -1.90. The number of amides is 1. The molecule has 0 atom stereocenters. The molecule has 1 fully saturated rings. The molecule has 7 nitrogen and oxygen atoms in total. The van der Waals surface area contributed by atoms with Gasteiger partial charge in [0.25, 0.3) is 15.9 Å². The third kappa shape index (κ3) is 4.39. The molecule has 1 aromatic heterocycles. The molecule has 152 valence electrons. The van der Waals surface area contributed by atoms with Crippen molar-refractivity contribution in [3.8, 4) is 0 Å². The van der Waals surface area contributed by atoms with Crippen molar-refractivity contribution in [2.45, 2.75) is 51.1 Å². The van der Waals surface area contributed by atoms with Crippen molar-refractivity contribution in [1.82, 2.24) is 14.1 Å². The fourth-order valence-electron chi connectivity index (χ4n) is 3.24. The van der Waals surface area contributed by atoms with Gasteiger partial charge in [-0.2, -0.15) is 9.40 Å². The lowest BCUT2D eigenvalue weighted by molar-refractivity contribution is 0.102. The second-order valence-electron chi connectivity index (χ2n) is 6.94. The minimum absolute atomic E-state index is 0.0544. The molecule has 0 unspecified atom stereocenters. The van der Waals surface area contributed by atoms with Crippen molar-refractivity contribution in [2.75, 3.05) is 18.4 Å². The van der Waals surface area contributed by atoms with Crippen LogP contribution in [0, 0.1) is 6.92 Å². The maximum Gasteiger partial charge on any atom is 0.263 e. The van der Waals surface area contributed by atoms with Crippen LogP contribution in [0.15, 0.2) is 29.4 Å². The van der Waals surface area contributed by atoms with Crippen LogP contribution >= 0.6 is 11.6 Å². The molecule has 3 rings (SSSR count). The fraction of sp³-hybridized carbons (Fsp3) is 0.474. The summed E-state index contributed by atoms with van der Waals surface area (Å²) >= 11 is 6.03. The van der Waals surface area contributed by atoms with E-state index in [1.165, 1.54) is 15.2 Å². The molecule has 2 heterocycles. The summed E-state index contributed by atoms with van der Waals surface area (Å²) in [5.41, 5.74) is 1.43. The Morgan fingerprint density at radius 2 is 1.89 bits per heavy atom. The number of hydrogen-bond donors (Lipinski definition) is 1. The zero-order valence-electron chi connectivity index (χ0n) is 16.1. The van der Waals surface area contributed by atoms with Crippen molar-refractivity contribution in [3.63, 3.8) is 0 Å². The molecular formula is C19H25ClN4O3S. The number of anilines is 1. The van der Waals surface area contributed by atoms with Gasteiger partial charge in [0, 0.05) is 36.5 Å². The lowest BCUT2D eigenvalue weighted by atomic mass is 10.2. The van der Waals surface area contributed by atoms with Gasteiger partial charge in [0.15, 0.2) is 0 Å². The number of aryl methyl sites for hydroxylation is 2. The van der Waals surface area contributed by atoms with Gasteiger partial charge in [0.2, 0.25) is 5.03 Å². The first kappa shape index (κ1) is 20.8. The molecule has 0 bridgehead atoms. The van der Waals surface area contributed by atoms with Crippen molar-refractivity contribution >= 4 is 33.2 Å². The summed E-state index contributed by atoms with van der Waals surface area (Å²) in [6.07, 6.45) is 5.15. The number of nitrogens with one attached hydrogen (secondary N) is 1. The van der Waals surface area contributed by atoms with Gasteiger partial charge in [-0.05, 0) is 50.5 Å². The molecule has 0 saturated carbocycles. The van der Waals surface area contributed by atoms with Crippen molar-refractivity contribution in [2.24, 2.45) is 0 Å². The van der Waals surface area contributed by atoms with Crippen LogP contribution in [-0.4, -0.2) is 41.5 Å². The summed E-state index contributed by atoms with van der Waals surface area (Å²) < 4.78 is 29.3. The van der Waals surface area contributed by atoms with E-state index in [1.807, 2.05) is 13.8 Å². The Morgan fingerprint density at radius 1 is 1.21 bits per heavy atom. The zero-order valence-corrected chi connectivity index (χ0v) is 17.7. The van der Waals surface area contributed by atoms with E-state index in [2.05, 4.69) is 10.4 Å². The van der Waals surface area contributed by atoms with Gasteiger partial charge in [-0.15, -0.1) is 0 Å². The molecule has 1 aliphatic rings. The van der Waals surface area contributed by atoms with E-state index in [0.29, 0.717) is 30.3 Å². The molecular weight excluding hydrogens is 400 g/mol. The van der Waals surface area contributed by atoms with Crippen molar-refractivity contribution in [1.29, 1.82) is 0 Å². The Kier molecular flexibility index (Phi) is 6.42. The predicted molar refractivity (Wildman–Crippen MR) is 109 cm³/mol. The molecule has 1 amide bonds. The standard InChI is InChI=1S/C19H25ClN4O3S/c1-3-23-13-16(18(25)21-15-8-9-17(20)14(2)12-15)19(22-23)28(26,27)24-10-6-4-5-7-11-24/h8-9,12-13H,3-7,10-11H2,1-2H3,(H,21,25). The molecule has 28 heavy (non-hydrogen) atoms. The van der Waals surface area contributed by atoms with Crippen LogP contribution in [0.25, 0.3) is 0 Å². The summed E-state index contributed by atoms with van der Waals surface area (Å²) in [7, 11) is -3.84. The second-order valence-corrected chi connectivity index (χ2v) is 9.20. The summed E-state index contributed by atoms with van der Waals surface area (Å²) in [5, 5.41) is 7.38. The van der Waals surface area contributed by atoms with E-state index in [4.69, 9.17) is 11.6 Å². The quantitative estimate of drug-likeness (QED) is 0.793. The van der Waals surface area contributed by atoms with E-state index in [-0.39, 0.29) is 10.6 Å². The van der Waals surface area contributed by atoms with E-state index in [1.54, 1.807) is 18.2 Å². The minimum Gasteiger partial charge on any atom is -0.322 e. The van der Waals surface area contributed by atoms with Gasteiger partial charge in [0.05, 0.1) is 5.56 Å². The smallest absolute Gasteiger partial charge is 0.263 e. The Morgan fingerprint density at radius 3 is 2.50 bits per heavy atom. The van der Waals surface area contributed by atoms with E-state index < -0.39 is 15.9 Å². The first-order valence-electron chi connectivity index (χ1n) is 9.48. The molecule has 0 aliphatic carbocycles. The number of aromatic nitrogens is 2. The molecule has 9 heteroatoms. The van der Waals surface area contributed by atoms with Gasteiger partial charge >= 0.3 is 0 Å². The molecule has 1 N–H and O–H groups in total. The Balaban J connectivity index is 1.93. The average molecular weight is 425 g/mol. The maximum absolute atomic E-state index is 13.2. The van der Waals surface area contributed by atoms with Gasteiger partial charge < -0.3 is 5.32 Å². The van der Waals surface area contributed by atoms with Gasteiger partial charge in [0.1, 0.15) is 0 Å². The summed E-state index contributed by atoms with van der Waals surface area (Å²) in [4.78, 5) is 12.9. The number of hydrogen-bond acceptors (Lipinski definition) is 4. The van der Waals surface area contributed by atoms with E-state index >= 15 is 0 Å². The number of carbonyl (C=O) groups excluding carboxylic acids is 1. The maximum atomic E-state index is 13.2. The van der Waals surface area contributed by atoms with Crippen LogP contribution in [0.2, 0.25) is 5.02 Å². The number of benzene rings is 1. The van der Waals surface area contributed by atoms with Crippen LogP contribution in [0.1, 0.15) is 48.5 Å². The van der Waals surface area contributed by atoms with Gasteiger partial charge in [-0.1, -0.05) is 24.4 Å². The molecule has 1 aliphatic heterocycles. The largest absolute Gasteiger partial charge is 0.322 e. The van der Waals surface area contributed by atoms with Crippen LogP contribution in [0.5, 0.6) is 0 Å². The van der Waals surface area contributed by atoms with Crippen LogP contribution in [0.3, 0.4) is 0 Å². The summed E-state index contributed by atoms with van der Waals surface area (Å²) in [6, 6.07) is 5.12. The number of nitrogens with zero attached hydrogens (tertiary/aromatic N) is 3. The molecule has 1 aromatic carbocycles. The number of rotatable bonds is 5. The van der Waals surface area contributed by atoms with E-state index in [9.17, 15) is 13.2 Å². The lowest BCUT2D eigenvalue weighted by Gasteiger charge is -2.19. The Labute approximate surface area is 170 Å². The van der Waals surface area contributed by atoms with Gasteiger partial charge in [-0.3, -0.25) is 9.48 Å². The average Bonchev–Trinajstić information content (AvgIpc) is 2.92. The highest BCUT2D eigenvalue weighted by molar-refractivity contribution is 7.89. The first-order valence-corrected chi connectivity index (χ1v) is 11.3. The van der Waals surface area contributed by atoms with Crippen molar-refractivity contribution in [3.05, 3.63) is 40.5 Å². The fourth-order valence-corrected chi connectivity index (χ4v) is 4.97.